The fraction of sp³-hybridized carbons (Fsp3) is 0.462. The van der Waals surface area contributed by atoms with E-state index in [2.05, 4.69) is 5.32 Å². The number of hydrogen-bond acceptors (Lipinski definition) is 4. The number of benzene rings is 1. The lowest BCUT2D eigenvalue weighted by atomic mass is 10.00. The molecule has 0 radical (unpaired) electrons. The van der Waals surface area contributed by atoms with E-state index in [4.69, 9.17) is 15.3 Å². The number of hydrogen-bond donors (Lipinski definition) is 4. The average molecular weight is 253 g/mol. The van der Waals surface area contributed by atoms with Crippen molar-refractivity contribution in [2.75, 3.05) is 13.2 Å². The molecule has 0 aliphatic heterocycles. The van der Waals surface area contributed by atoms with Crippen molar-refractivity contribution in [3.05, 3.63) is 35.4 Å². The summed E-state index contributed by atoms with van der Waals surface area (Å²) in [7, 11) is 0. The number of carbonyl (C=O) groups is 1. The first-order chi connectivity index (χ1) is 8.58. The Morgan fingerprint density at radius 3 is 2.22 bits per heavy atom. The van der Waals surface area contributed by atoms with Crippen LogP contribution in [0.25, 0.3) is 0 Å². The first-order valence-electron chi connectivity index (χ1n) is 5.85. The van der Waals surface area contributed by atoms with Crippen molar-refractivity contribution >= 4 is 5.97 Å². The maximum Gasteiger partial charge on any atom is 0.310 e. The van der Waals surface area contributed by atoms with E-state index in [1.54, 1.807) is 19.1 Å². The molecule has 18 heavy (non-hydrogen) atoms. The summed E-state index contributed by atoms with van der Waals surface area (Å²) in [6, 6.07) is 6.91. The number of aliphatic carboxylic acids is 1. The molecule has 1 aromatic carbocycles. The Bertz CT molecular complexity index is 373. The zero-order valence-electron chi connectivity index (χ0n) is 10.3. The van der Waals surface area contributed by atoms with Crippen LogP contribution in [0.15, 0.2) is 24.3 Å². The molecule has 1 rings (SSSR count). The van der Waals surface area contributed by atoms with E-state index in [9.17, 15) is 4.79 Å². The minimum Gasteiger partial charge on any atom is -0.481 e. The largest absolute Gasteiger partial charge is 0.481 e. The van der Waals surface area contributed by atoms with Crippen LogP contribution in [0.4, 0.5) is 0 Å². The predicted octanol–water partition coefficient (Wildman–Crippen LogP) is 0.317. The highest BCUT2D eigenvalue weighted by Gasteiger charge is 2.13. The molecule has 4 N–H and O–H groups in total. The van der Waals surface area contributed by atoms with Crippen molar-refractivity contribution in [1.29, 1.82) is 0 Å². The quantitative estimate of drug-likeness (QED) is 0.562. The lowest BCUT2D eigenvalue weighted by molar-refractivity contribution is -0.138. The van der Waals surface area contributed by atoms with E-state index in [0.717, 1.165) is 11.1 Å². The normalized spacial score (nSPS) is 12.7. The highest BCUT2D eigenvalue weighted by molar-refractivity contribution is 5.75. The molecule has 1 aromatic rings. The fourth-order valence-electron chi connectivity index (χ4n) is 1.52. The van der Waals surface area contributed by atoms with Crippen LogP contribution in [0.3, 0.4) is 0 Å². The third-order valence-corrected chi connectivity index (χ3v) is 2.89. The monoisotopic (exact) mass is 253 g/mol. The van der Waals surface area contributed by atoms with Gasteiger partial charge in [-0.15, -0.1) is 0 Å². The van der Waals surface area contributed by atoms with E-state index in [1.807, 2.05) is 12.1 Å². The second-order valence-electron chi connectivity index (χ2n) is 4.24. The zero-order valence-corrected chi connectivity index (χ0v) is 10.3. The molecule has 0 aromatic heterocycles. The summed E-state index contributed by atoms with van der Waals surface area (Å²) in [4.78, 5) is 10.8. The summed E-state index contributed by atoms with van der Waals surface area (Å²) in [5.74, 6) is -1.36. The van der Waals surface area contributed by atoms with Gasteiger partial charge in [-0.2, -0.15) is 0 Å². The number of carboxylic acid groups (broad SMARTS) is 1. The standard InChI is InChI=1S/C13H19NO4/c1-9(13(17)18)11-4-2-10(3-5-11)6-14-12(7-15)8-16/h2-5,9,12,14-16H,6-8H2,1H3,(H,17,18). The molecular formula is C13H19NO4. The third kappa shape index (κ3) is 4.10. The van der Waals surface area contributed by atoms with Crippen LogP contribution in [-0.4, -0.2) is 40.5 Å². The van der Waals surface area contributed by atoms with E-state index < -0.39 is 11.9 Å². The number of aliphatic hydroxyl groups excluding tert-OH is 2. The van der Waals surface area contributed by atoms with Crippen LogP contribution in [0.5, 0.6) is 0 Å². The highest BCUT2D eigenvalue weighted by Crippen LogP contribution is 2.15. The summed E-state index contributed by atoms with van der Waals surface area (Å²) < 4.78 is 0. The molecule has 5 nitrogen and oxygen atoms in total. The molecule has 0 heterocycles. The summed E-state index contributed by atoms with van der Waals surface area (Å²) in [6.07, 6.45) is 0. The van der Waals surface area contributed by atoms with Gasteiger partial charge in [0.2, 0.25) is 0 Å². The topological polar surface area (TPSA) is 89.8 Å². The number of aliphatic hydroxyl groups is 2. The summed E-state index contributed by atoms with van der Waals surface area (Å²) in [6.45, 7) is 1.92. The summed E-state index contributed by atoms with van der Waals surface area (Å²) >= 11 is 0. The fourth-order valence-corrected chi connectivity index (χ4v) is 1.52. The molecule has 0 spiro atoms. The zero-order chi connectivity index (χ0) is 13.5. The van der Waals surface area contributed by atoms with Gasteiger partial charge in [0.05, 0.1) is 25.2 Å². The van der Waals surface area contributed by atoms with Gasteiger partial charge in [0.1, 0.15) is 0 Å². The van der Waals surface area contributed by atoms with Crippen LogP contribution in [-0.2, 0) is 11.3 Å². The van der Waals surface area contributed by atoms with Gasteiger partial charge in [-0.25, -0.2) is 0 Å². The van der Waals surface area contributed by atoms with Crippen molar-refractivity contribution in [2.45, 2.75) is 25.4 Å². The molecule has 0 aliphatic rings. The first kappa shape index (κ1) is 14.6. The minimum atomic E-state index is -0.846. The van der Waals surface area contributed by atoms with Crippen LogP contribution >= 0.6 is 0 Å². The van der Waals surface area contributed by atoms with Gasteiger partial charge >= 0.3 is 5.97 Å². The molecule has 0 bridgehead atoms. The van der Waals surface area contributed by atoms with E-state index in [-0.39, 0.29) is 19.3 Å². The van der Waals surface area contributed by atoms with E-state index >= 15 is 0 Å². The molecule has 0 aliphatic carbocycles. The van der Waals surface area contributed by atoms with Crippen LogP contribution in [0.1, 0.15) is 24.0 Å². The molecule has 1 atom stereocenters. The maximum atomic E-state index is 10.8. The van der Waals surface area contributed by atoms with Crippen molar-refractivity contribution in [2.24, 2.45) is 0 Å². The molecule has 0 saturated carbocycles. The second-order valence-corrected chi connectivity index (χ2v) is 4.24. The molecular weight excluding hydrogens is 234 g/mol. The second kappa shape index (κ2) is 7.10. The van der Waals surface area contributed by atoms with Crippen LogP contribution < -0.4 is 5.32 Å². The SMILES string of the molecule is CC(C(=O)O)c1ccc(CNC(CO)CO)cc1. The van der Waals surface area contributed by atoms with Gasteiger partial charge in [-0.05, 0) is 18.1 Å². The molecule has 5 heteroatoms. The van der Waals surface area contributed by atoms with Gasteiger partial charge in [0.25, 0.3) is 0 Å². The van der Waals surface area contributed by atoms with Crippen LogP contribution in [0, 0.1) is 0 Å². The smallest absolute Gasteiger partial charge is 0.310 e. The Hall–Kier alpha value is -1.43. The average Bonchev–Trinajstić information content (AvgIpc) is 2.39. The highest BCUT2D eigenvalue weighted by atomic mass is 16.4. The summed E-state index contributed by atoms with van der Waals surface area (Å²) in [5, 5.41) is 29.7. The van der Waals surface area contributed by atoms with Crippen molar-refractivity contribution < 1.29 is 20.1 Å². The van der Waals surface area contributed by atoms with E-state index in [0.29, 0.717) is 6.54 Å². The van der Waals surface area contributed by atoms with Gasteiger partial charge in [0, 0.05) is 6.54 Å². The van der Waals surface area contributed by atoms with Crippen molar-refractivity contribution in [3.63, 3.8) is 0 Å². The van der Waals surface area contributed by atoms with Gasteiger partial charge in [-0.3, -0.25) is 4.79 Å². The number of nitrogens with one attached hydrogen (secondary N) is 1. The van der Waals surface area contributed by atoms with Gasteiger partial charge in [0.15, 0.2) is 0 Å². The Morgan fingerprint density at radius 2 is 1.78 bits per heavy atom. The minimum absolute atomic E-state index is 0.120. The lowest BCUT2D eigenvalue weighted by Gasteiger charge is -2.13. The molecule has 0 fully saturated rings. The Balaban J connectivity index is 2.58. The van der Waals surface area contributed by atoms with Crippen LogP contribution in [0.2, 0.25) is 0 Å². The first-order valence-corrected chi connectivity index (χ1v) is 5.85. The predicted molar refractivity (Wildman–Crippen MR) is 67.3 cm³/mol. The number of rotatable bonds is 7. The van der Waals surface area contributed by atoms with Crippen molar-refractivity contribution in [1.82, 2.24) is 5.32 Å². The van der Waals surface area contributed by atoms with Gasteiger partial charge < -0.3 is 20.6 Å². The molecule has 0 amide bonds. The Labute approximate surface area is 106 Å². The Kier molecular flexibility index (Phi) is 5.77. The summed E-state index contributed by atoms with van der Waals surface area (Å²) in [5.41, 5.74) is 1.73. The van der Waals surface area contributed by atoms with E-state index in [1.165, 1.54) is 0 Å². The molecule has 100 valence electrons. The van der Waals surface area contributed by atoms with Crippen molar-refractivity contribution in [3.8, 4) is 0 Å². The molecule has 0 saturated heterocycles. The maximum absolute atomic E-state index is 10.8. The third-order valence-electron chi connectivity index (χ3n) is 2.89. The lowest BCUT2D eigenvalue weighted by Crippen LogP contribution is -2.35. The Morgan fingerprint density at radius 1 is 1.22 bits per heavy atom. The van der Waals surface area contributed by atoms with Gasteiger partial charge in [-0.1, -0.05) is 24.3 Å². The number of carboxylic acids is 1. The molecule has 1 unspecified atom stereocenters.